The Morgan fingerprint density at radius 2 is 1.65 bits per heavy atom. The maximum absolute atomic E-state index is 15.1. The van der Waals surface area contributed by atoms with Crippen LogP contribution in [0.5, 0.6) is 11.5 Å². The molecule has 0 aliphatic carbocycles. The maximum Gasteiger partial charge on any atom is 0.490 e. The van der Waals surface area contributed by atoms with Crippen molar-refractivity contribution in [3.05, 3.63) is 89.1 Å². The van der Waals surface area contributed by atoms with Crippen molar-refractivity contribution in [3.63, 3.8) is 0 Å². The molecule has 0 spiro atoms. The predicted molar refractivity (Wildman–Crippen MR) is 177 cm³/mol. The van der Waals surface area contributed by atoms with Crippen molar-refractivity contribution in [2.45, 2.75) is 6.18 Å². The fourth-order valence-electron chi connectivity index (χ4n) is 4.85. The van der Waals surface area contributed by atoms with E-state index >= 15 is 4.39 Å². The molecule has 1 fully saturated rings. The number of halogens is 6. The Bertz CT molecular complexity index is 1870. The minimum absolute atomic E-state index is 0.0414. The molecule has 5 rings (SSSR count). The van der Waals surface area contributed by atoms with Crippen molar-refractivity contribution >= 4 is 35.1 Å². The van der Waals surface area contributed by atoms with Crippen LogP contribution in [0.15, 0.2) is 61.1 Å². The van der Waals surface area contributed by atoms with E-state index in [2.05, 4.69) is 25.1 Å². The average molecular weight is 738 g/mol. The molecule has 1 aliphatic heterocycles. The number of piperazine rings is 1. The first-order valence-corrected chi connectivity index (χ1v) is 15.6. The number of carboxylic acids is 1. The van der Waals surface area contributed by atoms with Gasteiger partial charge in [0.2, 0.25) is 5.82 Å². The van der Waals surface area contributed by atoms with Gasteiger partial charge in [0, 0.05) is 70.0 Å². The number of aliphatic carboxylic acids is 1. The standard InChI is InChI=1S/C31H32ClF2N7O3.C2HF3O2/c1-38(2)12-13-40-14-16-41(17-15-40)31(43)22-5-4-20(18-24(22)32)37-30(42)29-36-19-25(39(29)3)23-6-7-26(28(34)27(23)33)44-21-8-10-35-11-9-21;3-2(4,5)1(6)7/h4-11,18-19H,12-17H2,1-3H3,(H,37,42);(H,6,7). The fraction of sp³-hybridized carbons (Fsp3) is 0.303. The summed E-state index contributed by atoms with van der Waals surface area (Å²) >= 11 is 6.47. The molecule has 0 radical (unpaired) electrons. The van der Waals surface area contributed by atoms with Gasteiger partial charge in [-0.15, -0.1) is 0 Å². The highest BCUT2D eigenvalue weighted by atomic mass is 35.5. The third kappa shape index (κ3) is 9.99. The van der Waals surface area contributed by atoms with Crippen LogP contribution in [0.1, 0.15) is 21.0 Å². The highest BCUT2D eigenvalue weighted by Gasteiger charge is 2.38. The maximum atomic E-state index is 15.1. The van der Waals surface area contributed by atoms with Gasteiger partial charge in [0.1, 0.15) is 5.75 Å². The molecule has 4 aromatic rings. The summed E-state index contributed by atoms with van der Waals surface area (Å²) in [5.41, 5.74) is 0.787. The summed E-state index contributed by atoms with van der Waals surface area (Å²) in [5, 5.41) is 10.0. The van der Waals surface area contributed by atoms with Crippen LogP contribution >= 0.6 is 11.6 Å². The first-order chi connectivity index (χ1) is 24.1. The van der Waals surface area contributed by atoms with E-state index in [9.17, 15) is 27.2 Å². The summed E-state index contributed by atoms with van der Waals surface area (Å²) in [4.78, 5) is 49.3. The van der Waals surface area contributed by atoms with Crippen LogP contribution < -0.4 is 10.1 Å². The zero-order valence-electron chi connectivity index (χ0n) is 27.5. The normalized spacial score (nSPS) is 13.4. The van der Waals surface area contributed by atoms with Gasteiger partial charge in [-0.2, -0.15) is 17.6 Å². The molecule has 0 bridgehead atoms. The molecule has 3 heterocycles. The van der Waals surface area contributed by atoms with Crippen LogP contribution in [0, 0.1) is 11.6 Å². The SMILES string of the molecule is CN(C)CCN1CCN(C(=O)c2ccc(NC(=O)c3ncc(-c4ccc(Oc5ccncc5)c(F)c4F)n3C)cc2Cl)CC1.O=C(O)C(F)(F)F. The Labute approximate surface area is 294 Å². The van der Waals surface area contributed by atoms with E-state index in [0.29, 0.717) is 30.1 Å². The third-order valence-electron chi connectivity index (χ3n) is 7.61. The molecule has 2 aromatic carbocycles. The number of nitrogens with one attached hydrogen (secondary N) is 1. The lowest BCUT2D eigenvalue weighted by Gasteiger charge is -2.35. The molecular formula is C33H33ClF5N7O5. The second-order valence-electron chi connectivity index (χ2n) is 11.4. The van der Waals surface area contributed by atoms with E-state index in [1.165, 1.54) is 60.5 Å². The highest BCUT2D eigenvalue weighted by Crippen LogP contribution is 2.32. The number of amides is 2. The number of nitrogens with zero attached hydrogens (tertiary/aromatic N) is 6. The first-order valence-electron chi connectivity index (χ1n) is 15.2. The molecule has 0 unspecified atom stereocenters. The number of anilines is 1. The molecule has 272 valence electrons. The van der Waals surface area contributed by atoms with Crippen molar-refractivity contribution < 1.29 is 46.2 Å². The Morgan fingerprint density at radius 3 is 2.24 bits per heavy atom. The van der Waals surface area contributed by atoms with Gasteiger partial charge < -0.3 is 29.5 Å². The smallest absolute Gasteiger partial charge is 0.475 e. The Balaban J connectivity index is 0.000000755. The van der Waals surface area contributed by atoms with E-state index in [1.54, 1.807) is 17.0 Å². The fourth-order valence-corrected chi connectivity index (χ4v) is 5.11. The molecule has 18 heteroatoms. The molecule has 2 N–H and O–H groups in total. The summed E-state index contributed by atoms with van der Waals surface area (Å²) in [5.74, 6) is -5.87. The van der Waals surface area contributed by atoms with E-state index in [0.717, 1.165) is 26.2 Å². The summed E-state index contributed by atoms with van der Waals surface area (Å²) < 4.78 is 68.5. The number of carbonyl (C=O) groups is 3. The van der Waals surface area contributed by atoms with Crippen molar-refractivity contribution in [1.82, 2.24) is 29.2 Å². The Hall–Kier alpha value is -5.13. The van der Waals surface area contributed by atoms with Gasteiger partial charge in [-0.1, -0.05) is 11.6 Å². The summed E-state index contributed by atoms with van der Waals surface area (Å²) in [6.45, 7) is 4.69. The van der Waals surface area contributed by atoms with Crippen LogP contribution in [0.25, 0.3) is 11.3 Å². The third-order valence-corrected chi connectivity index (χ3v) is 7.93. The van der Waals surface area contributed by atoms with Gasteiger partial charge in [0.05, 0.1) is 22.5 Å². The van der Waals surface area contributed by atoms with Crippen molar-refractivity contribution in [1.29, 1.82) is 0 Å². The number of carbonyl (C=O) groups excluding carboxylic acids is 2. The molecule has 2 aromatic heterocycles. The summed E-state index contributed by atoms with van der Waals surface area (Å²) in [6.07, 6.45) is -0.859. The lowest BCUT2D eigenvalue weighted by Crippen LogP contribution is -2.50. The van der Waals surface area contributed by atoms with E-state index in [4.69, 9.17) is 26.2 Å². The minimum Gasteiger partial charge on any atom is -0.475 e. The van der Waals surface area contributed by atoms with Crippen LogP contribution in [-0.4, -0.2) is 112 Å². The van der Waals surface area contributed by atoms with Gasteiger partial charge in [-0.25, -0.2) is 14.2 Å². The van der Waals surface area contributed by atoms with Gasteiger partial charge in [0.15, 0.2) is 17.4 Å². The monoisotopic (exact) mass is 737 g/mol. The number of ether oxygens (including phenoxy) is 1. The number of carboxylic acid groups (broad SMARTS) is 1. The number of hydrogen-bond donors (Lipinski definition) is 2. The van der Waals surface area contributed by atoms with Crippen molar-refractivity contribution in [2.75, 3.05) is 58.7 Å². The molecular weight excluding hydrogens is 705 g/mol. The van der Waals surface area contributed by atoms with Gasteiger partial charge in [-0.05, 0) is 56.6 Å². The largest absolute Gasteiger partial charge is 0.490 e. The number of aromatic nitrogens is 3. The van der Waals surface area contributed by atoms with Crippen LogP contribution in [0.3, 0.4) is 0 Å². The second kappa shape index (κ2) is 16.7. The lowest BCUT2D eigenvalue weighted by molar-refractivity contribution is -0.192. The summed E-state index contributed by atoms with van der Waals surface area (Å²) in [6, 6.07) is 10.4. The van der Waals surface area contributed by atoms with Crippen molar-refractivity contribution in [2.24, 2.45) is 7.05 Å². The molecule has 0 atom stereocenters. The van der Waals surface area contributed by atoms with Crippen LogP contribution in [0.4, 0.5) is 27.6 Å². The predicted octanol–water partition coefficient (Wildman–Crippen LogP) is 5.41. The Kier molecular flexibility index (Phi) is 12.7. The number of rotatable bonds is 9. The zero-order valence-corrected chi connectivity index (χ0v) is 28.3. The zero-order chi connectivity index (χ0) is 37.5. The van der Waals surface area contributed by atoms with Crippen LogP contribution in [0.2, 0.25) is 5.02 Å². The molecule has 12 nitrogen and oxygen atoms in total. The minimum atomic E-state index is -5.08. The van der Waals surface area contributed by atoms with Gasteiger partial charge in [0.25, 0.3) is 11.8 Å². The molecule has 1 aliphatic rings. The lowest BCUT2D eigenvalue weighted by atomic mass is 10.1. The molecule has 2 amide bonds. The molecule has 51 heavy (non-hydrogen) atoms. The average Bonchev–Trinajstić information content (AvgIpc) is 3.47. The quantitative estimate of drug-likeness (QED) is 0.217. The van der Waals surface area contributed by atoms with Crippen molar-refractivity contribution in [3.8, 4) is 22.8 Å². The number of benzene rings is 2. The Morgan fingerprint density at radius 1 is 1.00 bits per heavy atom. The molecule has 0 saturated carbocycles. The topological polar surface area (TPSA) is 133 Å². The van der Waals surface area contributed by atoms with Gasteiger partial charge in [-0.3, -0.25) is 19.5 Å². The van der Waals surface area contributed by atoms with Gasteiger partial charge >= 0.3 is 12.1 Å². The second-order valence-corrected chi connectivity index (χ2v) is 11.8. The highest BCUT2D eigenvalue weighted by molar-refractivity contribution is 6.34. The number of likely N-dealkylation sites (N-methyl/N-ethyl adjacent to an activating group) is 1. The van der Waals surface area contributed by atoms with Crippen LogP contribution in [-0.2, 0) is 11.8 Å². The summed E-state index contributed by atoms with van der Waals surface area (Å²) in [7, 11) is 5.59. The first kappa shape index (κ1) is 38.7. The number of hydrogen-bond acceptors (Lipinski definition) is 8. The van der Waals surface area contributed by atoms with E-state index in [1.807, 2.05) is 14.1 Å². The number of pyridine rings is 1. The van der Waals surface area contributed by atoms with E-state index < -0.39 is 29.7 Å². The number of alkyl halides is 3. The number of imidazole rings is 1. The van der Waals surface area contributed by atoms with E-state index in [-0.39, 0.29) is 33.8 Å². The molecule has 1 saturated heterocycles.